The largest absolute Gasteiger partial charge is 0.348 e. The predicted molar refractivity (Wildman–Crippen MR) is 109 cm³/mol. The first-order valence-electron chi connectivity index (χ1n) is 8.80. The van der Waals surface area contributed by atoms with Gasteiger partial charge >= 0.3 is 0 Å². The third-order valence-electron chi connectivity index (χ3n) is 4.58. The number of fused-ring (bicyclic) bond motifs is 2. The van der Waals surface area contributed by atoms with Crippen LogP contribution in [-0.4, -0.2) is 25.7 Å². The van der Waals surface area contributed by atoms with Crippen molar-refractivity contribution in [1.29, 1.82) is 0 Å². The Morgan fingerprint density at radius 3 is 2.68 bits per heavy atom. The Hall–Kier alpha value is -3.58. The van der Waals surface area contributed by atoms with Crippen LogP contribution in [0.3, 0.4) is 0 Å². The van der Waals surface area contributed by atoms with Gasteiger partial charge in [-0.1, -0.05) is 72.0 Å². The zero-order chi connectivity index (χ0) is 18.9. The lowest BCUT2D eigenvalue weighted by molar-refractivity contribution is 0.0952. The lowest BCUT2D eigenvalue weighted by Crippen LogP contribution is -2.22. The van der Waals surface area contributed by atoms with Crippen molar-refractivity contribution < 1.29 is 4.79 Å². The molecule has 28 heavy (non-hydrogen) atoms. The number of nitrogens with one attached hydrogen (secondary N) is 1. The van der Waals surface area contributed by atoms with Crippen LogP contribution in [-0.2, 0) is 6.54 Å². The molecule has 6 nitrogen and oxygen atoms in total. The number of hydrogen-bond acceptors (Lipinski definition) is 5. The number of aromatic nitrogens is 4. The maximum atomic E-state index is 12.7. The fraction of sp³-hybridized carbons (Fsp3) is 0.0476. The molecule has 0 unspecified atom stereocenters. The third-order valence-corrected chi connectivity index (χ3v) is 5.54. The van der Waals surface area contributed by atoms with Gasteiger partial charge in [0, 0.05) is 17.7 Å². The molecule has 5 rings (SSSR count). The molecule has 7 heteroatoms. The minimum Gasteiger partial charge on any atom is -0.348 e. The van der Waals surface area contributed by atoms with Gasteiger partial charge in [-0.25, -0.2) is 0 Å². The minimum atomic E-state index is -0.0745. The molecule has 0 fully saturated rings. The van der Waals surface area contributed by atoms with Crippen LogP contribution in [0.25, 0.3) is 26.3 Å². The van der Waals surface area contributed by atoms with Gasteiger partial charge in [0.05, 0.1) is 0 Å². The quantitative estimate of drug-likeness (QED) is 0.509. The summed E-state index contributed by atoms with van der Waals surface area (Å²) in [6.07, 6.45) is 1.59. The summed E-state index contributed by atoms with van der Waals surface area (Å²) in [5, 5.41) is 18.2. The molecular weight excluding hydrogens is 370 g/mol. The van der Waals surface area contributed by atoms with Gasteiger partial charge in [-0.3, -0.25) is 4.79 Å². The van der Waals surface area contributed by atoms with Crippen LogP contribution in [0, 0.1) is 0 Å². The maximum absolute atomic E-state index is 12.7. The lowest BCUT2D eigenvalue weighted by Gasteiger charge is -2.08. The van der Waals surface area contributed by atoms with Crippen LogP contribution in [0.1, 0.15) is 15.9 Å². The van der Waals surface area contributed by atoms with Gasteiger partial charge in [-0.2, -0.15) is 9.61 Å². The summed E-state index contributed by atoms with van der Waals surface area (Å²) in [5.74, 6) is -0.0745. The standard InChI is InChI=1S/C21H15N5OS/c27-19(18-7-3-5-15-4-1-2-6-17(15)18)22-12-14-8-10-16(11-9-14)20-25-26-13-23-24-21(26)28-20/h1-11,13H,12H2,(H,22,27). The van der Waals surface area contributed by atoms with Crippen molar-refractivity contribution in [3.8, 4) is 10.6 Å². The summed E-state index contributed by atoms with van der Waals surface area (Å²) in [5.41, 5.74) is 2.73. The highest BCUT2D eigenvalue weighted by atomic mass is 32.1. The fourth-order valence-electron chi connectivity index (χ4n) is 3.14. The molecule has 5 aromatic rings. The molecule has 0 spiro atoms. The molecule has 136 valence electrons. The Kier molecular flexibility index (Phi) is 4.06. The van der Waals surface area contributed by atoms with E-state index in [0.717, 1.165) is 31.9 Å². The molecule has 0 atom stereocenters. The van der Waals surface area contributed by atoms with E-state index in [-0.39, 0.29) is 5.91 Å². The van der Waals surface area contributed by atoms with Gasteiger partial charge in [-0.15, -0.1) is 10.2 Å². The van der Waals surface area contributed by atoms with Gasteiger partial charge in [0.15, 0.2) is 0 Å². The van der Waals surface area contributed by atoms with Crippen LogP contribution in [0.4, 0.5) is 0 Å². The molecule has 0 saturated carbocycles. The Morgan fingerprint density at radius 1 is 1.00 bits per heavy atom. The summed E-state index contributed by atoms with van der Waals surface area (Å²) in [6.45, 7) is 0.466. The Morgan fingerprint density at radius 2 is 1.82 bits per heavy atom. The molecule has 1 amide bonds. The summed E-state index contributed by atoms with van der Waals surface area (Å²) in [4.78, 5) is 13.4. The molecule has 2 aromatic heterocycles. The zero-order valence-electron chi connectivity index (χ0n) is 14.7. The molecule has 0 saturated heterocycles. The number of carbonyl (C=O) groups excluding carboxylic acids is 1. The average Bonchev–Trinajstić information content (AvgIpc) is 3.34. The first kappa shape index (κ1) is 16.6. The smallest absolute Gasteiger partial charge is 0.252 e. The Balaban J connectivity index is 1.31. The van der Waals surface area contributed by atoms with Crippen LogP contribution >= 0.6 is 11.3 Å². The molecule has 0 aliphatic carbocycles. The van der Waals surface area contributed by atoms with Crippen LogP contribution in [0.2, 0.25) is 0 Å². The van der Waals surface area contributed by atoms with Crippen molar-refractivity contribution in [2.45, 2.75) is 6.54 Å². The molecule has 1 N–H and O–H groups in total. The normalized spacial score (nSPS) is 11.1. The van der Waals surface area contributed by atoms with Crippen molar-refractivity contribution in [1.82, 2.24) is 25.1 Å². The molecule has 0 bridgehead atoms. The van der Waals surface area contributed by atoms with E-state index in [2.05, 4.69) is 20.6 Å². The highest BCUT2D eigenvalue weighted by Crippen LogP contribution is 2.25. The van der Waals surface area contributed by atoms with E-state index in [1.807, 2.05) is 66.7 Å². The van der Waals surface area contributed by atoms with Gasteiger partial charge in [-0.05, 0) is 22.4 Å². The molecule has 0 radical (unpaired) electrons. The van der Waals surface area contributed by atoms with Crippen molar-refractivity contribution >= 4 is 33.0 Å². The predicted octanol–water partition coefficient (Wildman–Crippen LogP) is 3.94. The summed E-state index contributed by atoms with van der Waals surface area (Å²) in [7, 11) is 0. The number of benzene rings is 3. The van der Waals surface area contributed by atoms with Crippen molar-refractivity contribution in [2.75, 3.05) is 0 Å². The highest BCUT2D eigenvalue weighted by molar-refractivity contribution is 7.19. The average molecular weight is 385 g/mol. The lowest BCUT2D eigenvalue weighted by atomic mass is 10.0. The summed E-state index contributed by atoms with van der Waals surface area (Å²) >= 11 is 1.49. The Bertz CT molecular complexity index is 1260. The van der Waals surface area contributed by atoms with Crippen molar-refractivity contribution in [3.05, 3.63) is 84.2 Å². The van der Waals surface area contributed by atoms with Crippen molar-refractivity contribution in [3.63, 3.8) is 0 Å². The number of hydrogen-bond donors (Lipinski definition) is 1. The summed E-state index contributed by atoms with van der Waals surface area (Å²) < 4.78 is 1.66. The van der Waals surface area contributed by atoms with Crippen molar-refractivity contribution in [2.24, 2.45) is 0 Å². The second-order valence-electron chi connectivity index (χ2n) is 6.37. The van der Waals surface area contributed by atoms with E-state index in [4.69, 9.17) is 0 Å². The summed E-state index contributed by atoms with van der Waals surface area (Å²) in [6, 6.07) is 21.7. The molecule has 2 heterocycles. The van der Waals surface area contributed by atoms with Crippen LogP contribution in [0.5, 0.6) is 0 Å². The van der Waals surface area contributed by atoms with E-state index in [9.17, 15) is 4.79 Å². The van der Waals surface area contributed by atoms with Crippen LogP contribution < -0.4 is 5.32 Å². The van der Waals surface area contributed by atoms with Gasteiger partial charge in [0.1, 0.15) is 11.3 Å². The van der Waals surface area contributed by atoms with E-state index < -0.39 is 0 Å². The first-order chi connectivity index (χ1) is 13.8. The van der Waals surface area contributed by atoms with E-state index in [0.29, 0.717) is 12.1 Å². The SMILES string of the molecule is O=C(NCc1ccc(-c2nn3cnnc3s2)cc1)c1cccc2ccccc12. The molecule has 0 aliphatic rings. The molecule has 3 aromatic carbocycles. The monoisotopic (exact) mass is 385 g/mol. The van der Waals surface area contributed by atoms with Gasteiger partial charge in [0.25, 0.3) is 5.91 Å². The highest BCUT2D eigenvalue weighted by Gasteiger charge is 2.10. The fourth-order valence-corrected chi connectivity index (χ4v) is 3.97. The van der Waals surface area contributed by atoms with Gasteiger partial charge < -0.3 is 5.32 Å². The topological polar surface area (TPSA) is 72.2 Å². The van der Waals surface area contributed by atoms with E-state index in [1.54, 1.807) is 10.8 Å². The van der Waals surface area contributed by atoms with E-state index >= 15 is 0 Å². The maximum Gasteiger partial charge on any atom is 0.252 e. The van der Waals surface area contributed by atoms with Gasteiger partial charge in [0.2, 0.25) is 4.96 Å². The minimum absolute atomic E-state index is 0.0745. The number of nitrogens with zero attached hydrogens (tertiary/aromatic N) is 4. The third kappa shape index (κ3) is 3.01. The second-order valence-corrected chi connectivity index (χ2v) is 7.33. The van der Waals surface area contributed by atoms with E-state index in [1.165, 1.54) is 11.3 Å². The zero-order valence-corrected chi connectivity index (χ0v) is 15.6. The Labute approximate surface area is 164 Å². The second kappa shape index (κ2) is 6.86. The molecule has 0 aliphatic heterocycles. The van der Waals surface area contributed by atoms with Crippen LogP contribution in [0.15, 0.2) is 73.1 Å². The number of carbonyl (C=O) groups is 1. The molecular formula is C21H15N5OS. The number of amides is 1. The first-order valence-corrected chi connectivity index (χ1v) is 9.62. The number of rotatable bonds is 4.